The molecule has 1 rings (SSSR count). The molecule has 1 amide bonds. The molecule has 1 aliphatic heterocycles. The van der Waals surface area contributed by atoms with Crippen LogP contribution in [-0.4, -0.2) is 54.0 Å². The van der Waals surface area contributed by atoms with Gasteiger partial charge in [-0.2, -0.15) is 0 Å². The van der Waals surface area contributed by atoms with Crippen LogP contribution in [0, 0.1) is 0 Å². The van der Waals surface area contributed by atoms with Gasteiger partial charge in [-0.05, 0) is 33.7 Å². The fourth-order valence-electron chi connectivity index (χ4n) is 2.17. The third-order valence-corrected chi connectivity index (χ3v) is 3.27. The van der Waals surface area contributed by atoms with Gasteiger partial charge >= 0.3 is 0 Å². The minimum Gasteiger partial charge on any atom is -0.340 e. The second-order valence-electron chi connectivity index (χ2n) is 4.68. The third kappa shape index (κ3) is 2.49. The molecule has 0 aliphatic carbocycles. The number of amides is 1. The van der Waals surface area contributed by atoms with Crippen molar-refractivity contribution < 1.29 is 4.79 Å². The first-order valence-corrected chi connectivity index (χ1v) is 5.71. The highest BCUT2D eigenvalue weighted by atomic mass is 16.2. The number of nitrogens with two attached hydrogens (primary N) is 1. The summed E-state index contributed by atoms with van der Waals surface area (Å²) in [4.78, 5) is 16.2. The molecule has 0 radical (unpaired) electrons. The highest BCUT2D eigenvalue weighted by molar-refractivity contribution is 5.82. The predicted octanol–water partition coefficient (Wildman–Crippen LogP) is 0.275. The van der Waals surface area contributed by atoms with Gasteiger partial charge in [0.1, 0.15) is 0 Å². The maximum absolute atomic E-state index is 12.1. The van der Waals surface area contributed by atoms with Crippen LogP contribution in [0.1, 0.15) is 27.2 Å². The van der Waals surface area contributed by atoms with Crippen LogP contribution in [-0.2, 0) is 4.79 Å². The van der Waals surface area contributed by atoms with Crippen molar-refractivity contribution in [1.29, 1.82) is 0 Å². The fourth-order valence-corrected chi connectivity index (χ4v) is 2.17. The summed E-state index contributed by atoms with van der Waals surface area (Å²) >= 11 is 0. The third-order valence-electron chi connectivity index (χ3n) is 3.27. The minimum atomic E-state index is -0.0174. The van der Waals surface area contributed by atoms with Crippen LogP contribution in [0.15, 0.2) is 0 Å². The van der Waals surface area contributed by atoms with E-state index in [1.807, 2.05) is 11.9 Å². The van der Waals surface area contributed by atoms with E-state index in [1.54, 1.807) is 0 Å². The van der Waals surface area contributed by atoms with E-state index in [0.717, 1.165) is 13.0 Å². The molecule has 1 aliphatic rings. The van der Waals surface area contributed by atoms with E-state index >= 15 is 0 Å². The smallest absolute Gasteiger partial charge is 0.240 e. The summed E-state index contributed by atoms with van der Waals surface area (Å²) in [5.41, 5.74) is 5.57. The number of piperazine rings is 1. The van der Waals surface area contributed by atoms with Gasteiger partial charge < -0.3 is 10.6 Å². The van der Waals surface area contributed by atoms with E-state index in [9.17, 15) is 4.79 Å². The molecule has 0 aromatic carbocycles. The molecule has 1 heterocycles. The first-order valence-electron chi connectivity index (χ1n) is 5.71. The minimum absolute atomic E-state index is 0.0174. The normalized spacial score (nSPS) is 28.9. The van der Waals surface area contributed by atoms with Gasteiger partial charge in [0, 0.05) is 25.7 Å². The van der Waals surface area contributed by atoms with Gasteiger partial charge in [-0.15, -0.1) is 0 Å². The van der Waals surface area contributed by atoms with Crippen molar-refractivity contribution in [2.24, 2.45) is 5.73 Å². The average Bonchev–Trinajstić information content (AvgIpc) is 2.18. The summed E-state index contributed by atoms with van der Waals surface area (Å²) in [6, 6.07) is 0.687. The highest BCUT2D eigenvalue weighted by Gasteiger charge is 2.36. The number of likely N-dealkylation sites (N-methyl/N-ethyl adjacent to an activating group) is 1. The maximum Gasteiger partial charge on any atom is 0.240 e. The number of carbonyl (C=O) groups is 1. The molecule has 0 aromatic heterocycles. The molecule has 88 valence electrons. The lowest BCUT2D eigenvalue weighted by atomic mass is 10.0. The van der Waals surface area contributed by atoms with Gasteiger partial charge in [0.25, 0.3) is 0 Å². The van der Waals surface area contributed by atoms with E-state index in [-0.39, 0.29) is 11.9 Å². The zero-order valence-electron chi connectivity index (χ0n) is 10.2. The summed E-state index contributed by atoms with van der Waals surface area (Å²) < 4.78 is 0. The zero-order chi connectivity index (χ0) is 11.6. The Hall–Kier alpha value is -0.610. The molecular formula is C11H23N3O. The summed E-state index contributed by atoms with van der Waals surface area (Å²) in [7, 11) is 1.88. The van der Waals surface area contributed by atoms with Gasteiger partial charge in [0.15, 0.2) is 0 Å². The number of carbonyl (C=O) groups excluding carboxylic acids is 1. The Morgan fingerprint density at radius 2 is 2.13 bits per heavy atom. The molecule has 0 spiro atoms. The van der Waals surface area contributed by atoms with Gasteiger partial charge in [0.2, 0.25) is 5.91 Å². The SMILES string of the molecule is CC1CN(C(C)C)C(CCN)C(=O)N1C. The van der Waals surface area contributed by atoms with Crippen molar-refractivity contribution >= 4 is 5.91 Å². The Morgan fingerprint density at radius 3 is 2.60 bits per heavy atom. The van der Waals surface area contributed by atoms with Crippen LogP contribution < -0.4 is 5.73 Å². The van der Waals surface area contributed by atoms with Crippen molar-refractivity contribution in [3.63, 3.8) is 0 Å². The first-order chi connectivity index (χ1) is 6.99. The molecular weight excluding hydrogens is 190 g/mol. The molecule has 1 saturated heterocycles. The molecule has 0 bridgehead atoms. The molecule has 2 N–H and O–H groups in total. The number of hydrogen-bond acceptors (Lipinski definition) is 3. The van der Waals surface area contributed by atoms with Crippen LogP contribution in [0.3, 0.4) is 0 Å². The van der Waals surface area contributed by atoms with E-state index in [4.69, 9.17) is 5.73 Å². The van der Waals surface area contributed by atoms with Crippen LogP contribution in [0.5, 0.6) is 0 Å². The summed E-state index contributed by atoms with van der Waals surface area (Å²) in [5, 5.41) is 0. The number of hydrogen-bond donors (Lipinski definition) is 1. The van der Waals surface area contributed by atoms with E-state index in [1.165, 1.54) is 0 Å². The van der Waals surface area contributed by atoms with Gasteiger partial charge in [-0.3, -0.25) is 9.69 Å². The van der Waals surface area contributed by atoms with Crippen LogP contribution in [0.25, 0.3) is 0 Å². The number of rotatable bonds is 3. The monoisotopic (exact) mass is 213 g/mol. The molecule has 2 atom stereocenters. The van der Waals surface area contributed by atoms with Crippen molar-refractivity contribution in [3.05, 3.63) is 0 Å². The topological polar surface area (TPSA) is 49.6 Å². The molecule has 4 heteroatoms. The first kappa shape index (κ1) is 12.5. The number of nitrogens with zero attached hydrogens (tertiary/aromatic N) is 2. The van der Waals surface area contributed by atoms with Crippen LogP contribution in [0.2, 0.25) is 0 Å². The standard InChI is InChI=1S/C11H23N3O/c1-8(2)14-7-9(3)13(4)11(15)10(14)5-6-12/h8-10H,5-7,12H2,1-4H3. The summed E-state index contributed by atoms with van der Waals surface area (Å²) in [6.45, 7) is 7.88. The maximum atomic E-state index is 12.1. The van der Waals surface area contributed by atoms with Crippen molar-refractivity contribution in [3.8, 4) is 0 Å². The Bertz CT molecular complexity index is 230. The lowest BCUT2D eigenvalue weighted by molar-refractivity contribution is -0.145. The van der Waals surface area contributed by atoms with Gasteiger partial charge in [-0.25, -0.2) is 0 Å². The second kappa shape index (κ2) is 4.94. The van der Waals surface area contributed by atoms with E-state index in [0.29, 0.717) is 18.6 Å². The fraction of sp³-hybridized carbons (Fsp3) is 0.909. The Balaban J connectivity index is 2.81. The lowest BCUT2D eigenvalue weighted by Gasteiger charge is -2.45. The molecule has 0 aromatic rings. The second-order valence-corrected chi connectivity index (χ2v) is 4.68. The lowest BCUT2D eigenvalue weighted by Crippen LogP contribution is -2.61. The molecule has 1 fully saturated rings. The Kier molecular flexibility index (Phi) is 4.11. The zero-order valence-corrected chi connectivity index (χ0v) is 10.2. The molecule has 0 saturated carbocycles. The van der Waals surface area contributed by atoms with E-state index < -0.39 is 0 Å². The van der Waals surface area contributed by atoms with Gasteiger partial charge in [0.05, 0.1) is 6.04 Å². The quantitative estimate of drug-likeness (QED) is 0.732. The predicted molar refractivity (Wildman–Crippen MR) is 61.5 cm³/mol. The summed E-state index contributed by atoms with van der Waals surface area (Å²) in [5.74, 6) is 0.216. The largest absolute Gasteiger partial charge is 0.340 e. The molecule has 2 unspecified atom stereocenters. The van der Waals surface area contributed by atoms with Crippen molar-refractivity contribution in [2.75, 3.05) is 20.1 Å². The molecule has 15 heavy (non-hydrogen) atoms. The van der Waals surface area contributed by atoms with Crippen molar-refractivity contribution in [2.45, 2.75) is 45.3 Å². The van der Waals surface area contributed by atoms with Crippen LogP contribution >= 0.6 is 0 Å². The van der Waals surface area contributed by atoms with E-state index in [2.05, 4.69) is 25.7 Å². The van der Waals surface area contributed by atoms with Crippen molar-refractivity contribution in [1.82, 2.24) is 9.80 Å². The molecule has 4 nitrogen and oxygen atoms in total. The van der Waals surface area contributed by atoms with Gasteiger partial charge in [-0.1, -0.05) is 0 Å². The highest BCUT2D eigenvalue weighted by Crippen LogP contribution is 2.19. The van der Waals surface area contributed by atoms with Crippen LogP contribution in [0.4, 0.5) is 0 Å². The Labute approximate surface area is 92.4 Å². The average molecular weight is 213 g/mol. The Morgan fingerprint density at radius 1 is 1.53 bits per heavy atom. The summed E-state index contributed by atoms with van der Waals surface area (Å²) in [6.07, 6.45) is 0.758.